The molecule has 0 bridgehead atoms. The molecule has 1 atom stereocenters. The van der Waals surface area contributed by atoms with E-state index in [0.717, 1.165) is 17.7 Å². The van der Waals surface area contributed by atoms with Crippen LogP contribution < -0.4 is 5.32 Å². The average molecular weight is 291 g/mol. The molecule has 3 nitrogen and oxygen atoms in total. The van der Waals surface area contributed by atoms with E-state index in [1.165, 1.54) is 6.07 Å². The molecule has 0 spiro atoms. The van der Waals surface area contributed by atoms with Crippen LogP contribution in [0.3, 0.4) is 0 Å². The Labute approximate surface area is 121 Å². The molecule has 0 radical (unpaired) electrons. The number of aliphatic carboxylic acids is 1. The summed E-state index contributed by atoms with van der Waals surface area (Å²) in [7, 11) is 0. The monoisotopic (exact) mass is 291 g/mol. The van der Waals surface area contributed by atoms with Crippen LogP contribution in [-0.2, 0) is 17.8 Å². The van der Waals surface area contributed by atoms with Crippen molar-refractivity contribution >= 4 is 5.97 Å². The summed E-state index contributed by atoms with van der Waals surface area (Å²) in [6.07, 6.45) is 0.319. The lowest BCUT2D eigenvalue weighted by Gasteiger charge is -2.14. The largest absolute Gasteiger partial charge is 0.480 e. The first-order valence-electron chi connectivity index (χ1n) is 6.50. The predicted octanol–water partition coefficient (Wildman–Crippen LogP) is 2.75. The maximum Gasteiger partial charge on any atom is 0.321 e. The van der Waals surface area contributed by atoms with Crippen molar-refractivity contribution < 1.29 is 18.7 Å². The molecule has 0 heterocycles. The van der Waals surface area contributed by atoms with Crippen LogP contribution in [0.4, 0.5) is 8.78 Å². The van der Waals surface area contributed by atoms with Crippen LogP contribution in [0.1, 0.15) is 11.1 Å². The Balaban J connectivity index is 2.00. The van der Waals surface area contributed by atoms with Crippen LogP contribution in [0.5, 0.6) is 0 Å². The van der Waals surface area contributed by atoms with Crippen molar-refractivity contribution in [2.24, 2.45) is 0 Å². The van der Waals surface area contributed by atoms with E-state index in [-0.39, 0.29) is 6.54 Å². The number of carboxylic acids is 1. The Hall–Kier alpha value is -2.27. The lowest BCUT2D eigenvalue weighted by molar-refractivity contribution is -0.139. The Kier molecular flexibility index (Phi) is 5.00. The normalized spacial score (nSPS) is 12.1. The summed E-state index contributed by atoms with van der Waals surface area (Å²) in [5, 5.41) is 12.1. The molecule has 0 aliphatic rings. The number of carboxylic acid groups (broad SMARTS) is 1. The molecule has 0 unspecified atom stereocenters. The first kappa shape index (κ1) is 15.1. The molecule has 0 aromatic heterocycles. The van der Waals surface area contributed by atoms with Crippen LogP contribution in [0.15, 0.2) is 48.5 Å². The van der Waals surface area contributed by atoms with Gasteiger partial charge < -0.3 is 10.4 Å². The molecule has 2 N–H and O–H groups in total. The third-order valence-corrected chi connectivity index (χ3v) is 3.12. The number of carbonyl (C=O) groups is 1. The van der Waals surface area contributed by atoms with E-state index in [1.54, 1.807) is 0 Å². The highest BCUT2D eigenvalue weighted by Gasteiger charge is 2.17. The summed E-state index contributed by atoms with van der Waals surface area (Å²) in [6, 6.07) is 11.9. The summed E-state index contributed by atoms with van der Waals surface area (Å²) in [4.78, 5) is 11.2. The van der Waals surface area contributed by atoms with Gasteiger partial charge in [-0.1, -0.05) is 36.4 Å². The number of hydrogen-bond acceptors (Lipinski definition) is 2. The van der Waals surface area contributed by atoms with E-state index in [9.17, 15) is 18.7 Å². The van der Waals surface area contributed by atoms with Crippen molar-refractivity contribution in [1.82, 2.24) is 5.32 Å². The van der Waals surface area contributed by atoms with Crippen molar-refractivity contribution in [2.75, 3.05) is 0 Å². The third kappa shape index (κ3) is 4.36. The molecule has 5 heteroatoms. The van der Waals surface area contributed by atoms with Gasteiger partial charge in [0, 0.05) is 6.54 Å². The van der Waals surface area contributed by atoms with Crippen LogP contribution in [-0.4, -0.2) is 17.1 Å². The van der Waals surface area contributed by atoms with Gasteiger partial charge >= 0.3 is 5.97 Å². The number of rotatable bonds is 6. The van der Waals surface area contributed by atoms with Crippen molar-refractivity contribution in [3.05, 3.63) is 71.3 Å². The lowest BCUT2D eigenvalue weighted by atomic mass is 10.1. The number of halogens is 2. The van der Waals surface area contributed by atoms with Gasteiger partial charge in [-0.15, -0.1) is 0 Å². The molecule has 110 valence electrons. The second kappa shape index (κ2) is 6.95. The second-order valence-electron chi connectivity index (χ2n) is 4.71. The minimum absolute atomic E-state index is 0.154. The van der Waals surface area contributed by atoms with Crippen LogP contribution in [0.2, 0.25) is 0 Å². The quantitative estimate of drug-likeness (QED) is 0.860. The van der Waals surface area contributed by atoms with Crippen LogP contribution in [0.25, 0.3) is 0 Å². The number of nitrogens with one attached hydrogen (secondary N) is 1. The Morgan fingerprint density at radius 2 is 1.76 bits per heavy atom. The highest BCUT2D eigenvalue weighted by Crippen LogP contribution is 2.09. The van der Waals surface area contributed by atoms with Gasteiger partial charge in [-0.3, -0.25) is 4.79 Å². The Bertz CT molecular complexity index is 617. The highest BCUT2D eigenvalue weighted by atomic mass is 19.2. The second-order valence-corrected chi connectivity index (χ2v) is 4.71. The zero-order chi connectivity index (χ0) is 15.2. The Morgan fingerprint density at radius 1 is 1.05 bits per heavy atom. The van der Waals surface area contributed by atoms with E-state index in [0.29, 0.717) is 12.0 Å². The predicted molar refractivity (Wildman–Crippen MR) is 74.8 cm³/mol. The number of hydrogen-bond donors (Lipinski definition) is 2. The fraction of sp³-hybridized carbons (Fsp3) is 0.188. The van der Waals surface area contributed by atoms with E-state index < -0.39 is 23.6 Å². The molecule has 0 aliphatic heterocycles. The summed E-state index contributed by atoms with van der Waals surface area (Å²) >= 11 is 0. The molecular weight excluding hydrogens is 276 g/mol. The van der Waals surface area contributed by atoms with E-state index >= 15 is 0 Å². The van der Waals surface area contributed by atoms with Gasteiger partial charge in [-0.2, -0.15) is 0 Å². The SMILES string of the molecule is O=C(O)[C@@H](Cc1ccccc1)NCc1ccc(F)c(F)c1. The van der Waals surface area contributed by atoms with E-state index in [2.05, 4.69) is 5.32 Å². The molecule has 0 saturated carbocycles. The zero-order valence-electron chi connectivity index (χ0n) is 11.2. The third-order valence-electron chi connectivity index (χ3n) is 3.12. The fourth-order valence-electron chi connectivity index (χ4n) is 1.99. The molecule has 2 aromatic carbocycles. The van der Waals surface area contributed by atoms with Gasteiger partial charge in [-0.25, -0.2) is 8.78 Å². The topological polar surface area (TPSA) is 49.3 Å². The van der Waals surface area contributed by atoms with Crippen LogP contribution in [0, 0.1) is 11.6 Å². The number of benzene rings is 2. The van der Waals surface area contributed by atoms with Gasteiger partial charge in [0.2, 0.25) is 0 Å². The maximum atomic E-state index is 13.1. The summed E-state index contributed by atoms with van der Waals surface area (Å²) in [5.74, 6) is -2.84. The lowest BCUT2D eigenvalue weighted by Crippen LogP contribution is -2.38. The van der Waals surface area contributed by atoms with Crippen molar-refractivity contribution in [3.8, 4) is 0 Å². The van der Waals surface area contributed by atoms with Gasteiger partial charge in [0.1, 0.15) is 6.04 Å². The standard InChI is InChI=1S/C16H15F2NO2/c17-13-7-6-12(8-14(13)18)10-19-15(16(20)21)9-11-4-2-1-3-5-11/h1-8,15,19H,9-10H2,(H,20,21)/t15-/m1/s1. The van der Waals surface area contributed by atoms with E-state index in [1.807, 2.05) is 30.3 Å². The highest BCUT2D eigenvalue weighted by molar-refractivity contribution is 5.73. The molecule has 0 aliphatic carbocycles. The van der Waals surface area contributed by atoms with Crippen LogP contribution >= 0.6 is 0 Å². The van der Waals surface area contributed by atoms with E-state index in [4.69, 9.17) is 0 Å². The summed E-state index contributed by atoms with van der Waals surface area (Å²) in [6.45, 7) is 0.154. The first-order chi connectivity index (χ1) is 10.1. The molecule has 0 saturated heterocycles. The minimum atomic E-state index is -0.985. The van der Waals surface area contributed by atoms with Crippen molar-refractivity contribution in [1.29, 1.82) is 0 Å². The van der Waals surface area contributed by atoms with Crippen molar-refractivity contribution in [2.45, 2.75) is 19.0 Å². The minimum Gasteiger partial charge on any atom is -0.480 e. The van der Waals surface area contributed by atoms with Gasteiger partial charge in [0.05, 0.1) is 0 Å². The summed E-state index contributed by atoms with van der Waals surface area (Å²) < 4.78 is 25.9. The Morgan fingerprint density at radius 3 is 2.38 bits per heavy atom. The maximum absolute atomic E-state index is 13.1. The molecule has 2 rings (SSSR count). The van der Waals surface area contributed by atoms with Gasteiger partial charge in [-0.05, 0) is 29.7 Å². The van der Waals surface area contributed by atoms with Gasteiger partial charge in [0.15, 0.2) is 11.6 Å². The summed E-state index contributed by atoms with van der Waals surface area (Å²) in [5.41, 5.74) is 1.39. The molecule has 0 fully saturated rings. The molecule has 21 heavy (non-hydrogen) atoms. The molecule has 2 aromatic rings. The first-order valence-corrected chi connectivity index (χ1v) is 6.50. The fourth-order valence-corrected chi connectivity index (χ4v) is 1.99. The molecule has 0 amide bonds. The van der Waals surface area contributed by atoms with Crippen molar-refractivity contribution in [3.63, 3.8) is 0 Å². The zero-order valence-corrected chi connectivity index (χ0v) is 11.2. The molecular formula is C16H15F2NO2. The average Bonchev–Trinajstić information content (AvgIpc) is 2.47. The smallest absolute Gasteiger partial charge is 0.321 e. The van der Waals surface area contributed by atoms with Gasteiger partial charge in [0.25, 0.3) is 0 Å².